The van der Waals surface area contributed by atoms with E-state index in [2.05, 4.69) is 69.1 Å². The summed E-state index contributed by atoms with van der Waals surface area (Å²) in [4.78, 5) is 17.9. The molecular weight excluding hydrogens is 1020 g/mol. The van der Waals surface area contributed by atoms with Gasteiger partial charge in [0, 0.05) is 48.3 Å². The Morgan fingerprint density at radius 2 is 0.750 bits per heavy atom. The van der Waals surface area contributed by atoms with Crippen LogP contribution in [0, 0.1) is 0 Å². The zero-order valence-corrected chi connectivity index (χ0v) is 44.4. The van der Waals surface area contributed by atoms with Gasteiger partial charge < -0.3 is 79.3 Å². The number of H-pyrrole nitrogens is 2. The Morgan fingerprint density at radius 1 is 0.388 bits per heavy atom. The number of hydrogen-bond acceptors (Lipinski definition) is 16. The number of aromatic nitrogens is 4. The van der Waals surface area contributed by atoms with Gasteiger partial charge >= 0.3 is 14.2 Å². The van der Waals surface area contributed by atoms with Crippen molar-refractivity contribution < 1.29 is 58.7 Å². The number of nitrogens with zero attached hydrogens (tertiary/aromatic N) is 2. The first-order chi connectivity index (χ1) is 39.3. The van der Waals surface area contributed by atoms with Crippen molar-refractivity contribution in [2.24, 2.45) is 0 Å². The summed E-state index contributed by atoms with van der Waals surface area (Å²) < 4.78 is 35.7. The summed E-state index contributed by atoms with van der Waals surface area (Å²) in [6.45, 7) is 4.60. The second-order valence-corrected chi connectivity index (χ2v) is 18.8. The van der Waals surface area contributed by atoms with Crippen molar-refractivity contribution in [1.82, 2.24) is 30.6 Å². The Kier molecular flexibility index (Phi) is 21.0. The van der Waals surface area contributed by atoms with Crippen LogP contribution in [0.5, 0.6) is 11.5 Å². The molecule has 4 aromatic carbocycles. The van der Waals surface area contributed by atoms with Crippen LogP contribution in [-0.2, 0) is 45.1 Å². The van der Waals surface area contributed by atoms with Crippen LogP contribution in [-0.4, -0.2) is 144 Å². The van der Waals surface area contributed by atoms with Crippen molar-refractivity contribution >= 4 is 71.5 Å². The molecule has 2 aliphatic rings. The van der Waals surface area contributed by atoms with Crippen LogP contribution in [0.2, 0.25) is 0 Å². The predicted molar refractivity (Wildman–Crippen MR) is 312 cm³/mol. The molecule has 2 aliphatic heterocycles. The number of aliphatic hydroxyl groups excluding tert-OH is 2. The third-order valence-corrected chi connectivity index (χ3v) is 13.3. The minimum absolute atomic E-state index is 0.0634. The van der Waals surface area contributed by atoms with Gasteiger partial charge in [-0.2, -0.15) is 0 Å². The molecule has 18 nitrogen and oxygen atoms in total. The molecule has 0 aliphatic carbocycles. The smallest absolute Gasteiger partial charge is 0.487 e. The van der Waals surface area contributed by atoms with E-state index in [0.29, 0.717) is 109 Å². The van der Waals surface area contributed by atoms with Gasteiger partial charge in [-0.25, -0.2) is 9.97 Å². The van der Waals surface area contributed by atoms with Gasteiger partial charge in [0.15, 0.2) is 11.5 Å². The van der Waals surface area contributed by atoms with Gasteiger partial charge in [-0.15, -0.1) is 0 Å². The van der Waals surface area contributed by atoms with E-state index in [0.717, 1.165) is 55.5 Å². The molecule has 0 amide bonds. The van der Waals surface area contributed by atoms with Crippen molar-refractivity contribution in [3.05, 3.63) is 166 Å². The standard InChI is InChI=1S/C60H66B2N6O12/c69-25-27-75-29-31-77-33-35-79-59-53-21-17-49(65-53)57(43-13-9-41(10-14-43)37-63-39-45-5-1-3-7-47(45)61(71)72)50-18-22-54(66-50)60(80-36-34-78-32-30-76-28-26-70)56-24-20-52(68-56)58(51-19-23-55(59)67-51)44-15-11-42(12-16-44)38-64-40-46-6-2-4-8-48(46)62(73)74/h1-24,63-65,68-74H,25-40H2. The van der Waals surface area contributed by atoms with E-state index in [4.69, 9.17) is 48.6 Å². The predicted octanol–water partition coefficient (Wildman–Crippen LogP) is 4.74. The van der Waals surface area contributed by atoms with Crippen LogP contribution in [0.3, 0.4) is 0 Å². The molecule has 0 spiro atoms. The Hall–Kier alpha value is -7.27. The first-order valence-corrected chi connectivity index (χ1v) is 26.7. The third-order valence-electron chi connectivity index (χ3n) is 13.3. The lowest BCUT2D eigenvalue weighted by molar-refractivity contribution is 0.0248. The molecule has 0 saturated heterocycles. The maximum absolute atomic E-state index is 9.91. The van der Waals surface area contributed by atoms with Crippen molar-refractivity contribution in [3.8, 4) is 33.8 Å². The Morgan fingerprint density at radius 3 is 1.15 bits per heavy atom. The van der Waals surface area contributed by atoms with Gasteiger partial charge in [0.1, 0.15) is 24.6 Å². The second kappa shape index (κ2) is 29.3. The number of fused-ring (bicyclic) bond motifs is 8. The van der Waals surface area contributed by atoms with Crippen molar-refractivity contribution in [2.45, 2.75) is 26.2 Å². The Labute approximate surface area is 464 Å². The van der Waals surface area contributed by atoms with E-state index in [-0.39, 0.29) is 52.9 Å². The van der Waals surface area contributed by atoms with Crippen LogP contribution in [0.4, 0.5) is 0 Å². The van der Waals surface area contributed by atoms with Gasteiger partial charge in [0.25, 0.3) is 0 Å². The summed E-state index contributed by atoms with van der Waals surface area (Å²) in [5.41, 5.74) is 13.4. The minimum atomic E-state index is -1.56. The number of aliphatic hydroxyl groups is 2. The second-order valence-electron chi connectivity index (χ2n) is 18.8. The fourth-order valence-electron chi connectivity index (χ4n) is 9.40. The van der Waals surface area contributed by atoms with Crippen LogP contribution in [0.1, 0.15) is 45.0 Å². The van der Waals surface area contributed by atoms with Gasteiger partial charge in [0.2, 0.25) is 0 Å². The van der Waals surface area contributed by atoms with Gasteiger partial charge in [-0.3, -0.25) is 0 Å². The molecule has 3 aromatic heterocycles. The summed E-state index contributed by atoms with van der Waals surface area (Å²) >= 11 is 0. The molecule has 0 radical (unpaired) electrons. The first kappa shape index (κ1) is 57.4. The topological polar surface area (TPSA) is 258 Å². The molecule has 9 rings (SSSR count). The van der Waals surface area contributed by atoms with Crippen LogP contribution >= 0.6 is 0 Å². The highest BCUT2D eigenvalue weighted by Gasteiger charge is 2.21. The molecule has 10 N–H and O–H groups in total. The molecule has 0 saturated carbocycles. The van der Waals surface area contributed by atoms with E-state index in [1.165, 1.54) is 0 Å². The van der Waals surface area contributed by atoms with E-state index >= 15 is 0 Å². The lowest BCUT2D eigenvalue weighted by Gasteiger charge is -2.11. The third kappa shape index (κ3) is 15.1. The Balaban J connectivity index is 1.12. The van der Waals surface area contributed by atoms with Crippen molar-refractivity contribution in [2.75, 3.05) is 79.3 Å². The average Bonchev–Trinajstić information content (AvgIpc) is 4.38. The van der Waals surface area contributed by atoms with Gasteiger partial charge in [-0.05, 0) is 92.9 Å². The van der Waals surface area contributed by atoms with E-state index in [1.807, 2.05) is 72.8 Å². The summed E-state index contributed by atoms with van der Waals surface area (Å²) in [6.07, 6.45) is 7.84. The normalized spacial score (nSPS) is 11.9. The number of benzene rings is 4. The highest BCUT2D eigenvalue weighted by Crippen LogP contribution is 2.37. The first-order valence-electron chi connectivity index (χ1n) is 26.7. The highest BCUT2D eigenvalue weighted by atomic mass is 16.6. The largest absolute Gasteiger partial charge is 0.488 e. The Bertz CT molecular complexity index is 3150. The zero-order chi connectivity index (χ0) is 55.5. The zero-order valence-electron chi connectivity index (χ0n) is 44.4. The molecule has 5 heterocycles. The molecule has 7 aromatic rings. The lowest BCUT2D eigenvalue weighted by atomic mass is 9.77. The van der Waals surface area contributed by atoms with Crippen LogP contribution < -0.4 is 31.0 Å². The fraction of sp³-hybridized carbons (Fsp3) is 0.267. The highest BCUT2D eigenvalue weighted by molar-refractivity contribution is 6.59. The summed E-state index contributed by atoms with van der Waals surface area (Å²) in [7, 11) is -3.13. The molecule has 0 fully saturated rings. The van der Waals surface area contributed by atoms with E-state index < -0.39 is 14.2 Å². The van der Waals surface area contributed by atoms with Gasteiger partial charge in [-0.1, -0.05) is 97.1 Å². The summed E-state index contributed by atoms with van der Waals surface area (Å²) in [5, 5.41) is 64.8. The molecule has 0 atom stereocenters. The van der Waals surface area contributed by atoms with Crippen LogP contribution in [0.25, 0.3) is 68.6 Å². The number of nitrogens with one attached hydrogen (secondary N) is 4. The number of rotatable bonds is 30. The quantitative estimate of drug-likeness (QED) is 0.0216. The van der Waals surface area contributed by atoms with Gasteiger partial charge in [0.05, 0.1) is 88.5 Å². The fourth-order valence-corrected chi connectivity index (χ4v) is 9.40. The van der Waals surface area contributed by atoms with E-state index in [9.17, 15) is 20.1 Å². The molecule has 80 heavy (non-hydrogen) atoms. The van der Waals surface area contributed by atoms with Crippen LogP contribution in [0.15, 0.2) is 121 Å². The lowest BCUT2D eigenvalue weighted by Crippen LogP contribution is -2.34. The van der Waals surface area contributed by atoms with E-state index in [1.54, 1.807) is 24.3 Å². The molecular formula is C60H66B2N6O12. The van der Waals surface area contributed by atoms with Crippen molar-refractivity contribution in [3.63, 3.8) is 0 Å². The maximum Gasteiger partial charge on any atom is 0.488 e. The van der Waals surface area contributed by atoms with Crippen molar-refractivity contribution in [1.29, 1.82) is 0 Å². The number of aromatic amines is 2. The minimum Gasteiger partial charge on any atom is -0.487 e. The summed E-state index contributed by atoms with van der Waals surface area (Å²) in [6, 6.07) is 38.9. The molecule has 0 unspecified atom stereocenters. The average molecular weight is 1080 g/mol. The molecule has 20 heteroatoms. The monoisotopic (exact) mass is 1080 g/mol. The number of hydrogen-bond donors (Lipinski definition) is 10. The molecule has 8 bridgehead atoms. The number of ether oxygens (including phenoxy) is 6. The SMILES string of the molecule is OCCOCCOCCOc1c2nc(c(-c3ccc(CNCc4ccccc4B(O)O)cc3)c3ccc([nH]3)c(OCCOCCOCCO)c3nc(c(-c4ccc(CNCc5ccccc5B(O)O)cc4)c4ccc1[nH]4)C=C3)C=C2. The summed E-state index contributed by atoms with van der Waals surface area (Å²) in [5.74, 6) is 1.02. The maximum atomic E-state index is 9.91. The molecule has 414 valence electrons.